The number of imidazole rings is 1. The molecule has 0 bridgehead atoms. The number of amides is 1. The van der Waals surface area contributed by atoms with Crippen molar-refractivity contribution in [2.75, 3.05) is 0 Å². The smallest absolute Gasteiger partial charge is 0.251 e. The third-order valence-corrected chi connectivity index (χ3v) is 5.10. The minimum absolute atomic E-state index is 0.0654. The number of rotatable bonds is 3. The van der Waals surface area contributed by atoms with Gasteiger partial charge < -0.3 is 9.88 Å². The van der Waals surface area contributed by atoms with Gasteiger partial charge in [-0.2, -0.15) is 0 Å². The molecular formula is C15H15BrClN3O. The van der Waals surface area contributed by atoms with Gasteiger partial charge in [-0.1, -0.05) is 11.6 Å². The lowest BCUT2D eigenvalue weighted by atomic mass is 10.1. The number of aromatic nitrogens is 2. The van der Waals surface area contributed by atoms with E-state index in [-0.39, 0.29) is 18.0 Å². The maximum Gasteiger partial charge on any atom is 0.251 e. The molecule has 4 nitrogen and oxygen atoms in total. The number of carbonyl (C=O) groups excluding carboxylic acids is 1. The van der Waals surface area contributed by atoms with Gasteiger partial charge in [0.25, 0.3) is 5.91 Å². The molecule has 1 aliphatic carbocycles. The molecule has 6 heteroatoms. The maximum absolute atomic E-state index is 12.4. The van der Waals surface area contributed by atoms with Gasteiger partial charge >= 0.3 is 0 Å². The molecule has 0 radical (unpaired) electrons. The number of nitrogens with zero attached hydrogens (tertiary/aromatic N) is 2. The SMILES string of the molecule is O=C(NC1CCCC1n1ccnc1)c1ccc(Cl)c(Br)c1. The van der Waals surface area contributed by atoms with E-state index in [1.165, 1.54) is 0 Å². The van der Waals surface area contributed by atoms with E-state index in [0.29, 0.717) is 10.6 Å². The number of nitrogens with one attached hydrogen (secondary N) is 1. The first-order valence-corrected chi connectivity index (χ1v) is 8.05. The first-order valence-electron chi connectivity index (χ1n) is 6.88. The Morgan fingerprint density at radius 2 is 2.29 bits per heavy atom. The summed E-state index contributed by atoms with van der Waals surface area (Å²) in [6.45, 7) is 0. The lowest BCUT2D eigenvalue weighted by Gasteiger charge is -2.22. The fourth-order valence-electron chi connectivity index (χ4n) is 2.82. The average Bonchev–Trinajstić information content (AvgIpc) is 3.12. The molecule has 2 aromatic rings. The quantitative estimate of drug-likeness (QED) is 0.895. The van der Waals surface area contributed by atoms with Crippen molar-refractivity contribution in [3.05, 3.63) is 52.0 Å². The Balaban J connectivity index is 1.73. The van der Waals surface area contributed by atoms with Crippen molar-refractivity contribution in [1.82, 2.24) is 14.9 Å². The summed E-state index contributed by atoms with van der Waals surface area (Å²) in [6.07, 6.45) is 8.70. The van der Waals surface area contributed by atoms with Gasteiger partial charge in [0.15, 0.2) is 0 Å². The van der Waals surface area contributed by atoms with Crippen LogP contribution in [0.5, 0.6) is 0 Å². The standard InChI is InChI=1S/C15H15BrClN3O/c16-11-8-10(4-5-12(11)17)15(21)19-13-2-1-3-14(13)20-7-6-18-9-20/h4-9,13-14H,1-3H2,(H,19,21). The summed E-state index contributed by atoms with van der Waals surface area (Å²) in [5.41, 5.74) is 0.613. The summed E-state index contributed by atoms with van der Waals surface area (Å²) in [5, 5.41) is 3.73. The highest BCUT2D eigenvalue weighted by Gasteiger charge is 2.29. The summed E-state index contributed by atoms with van der Waals surface area (Å²) in [7, 11) is 0. The molecule has 1 aliphatic rings. The van der Waals surface area contributed by atoms with Gasteiger partial charge in [0.05, 0.1) is 17.4 Å². The van der Waals surface area contributed by atoms with Crippen LogP contribution in [0.3, 0.4) is 0 Å². The molecule has 1 aromatic carbocycles. The highest BCUT2D eigenvalue weighted by molar-refractivity contribution is 9.10. The molecule has 2 unspecified atom stereocenters. The van der Waals surface area contributed by atoms with Gasteiger partial charge in [-0.25, -0.2) is 4.98 Å². The molecule has 3 rings (SSSR count). The molecule has 110 valence electrons. The molecular weight excluding hydrogens is 354 g/mol. The predicted octanol–water partition coefficient (Wildman–Crippen LogP) is 3.82. The van der Waals surface area contributed by atoms with Gasteiger partial charge in [0, 0.05) is 28.5 Å². The Kier molecular flexibility index (Phi) is 4.31. The number of benzene rings is 1. The summed E-state index contributed by atoms with van der Waals surface area (Å²) >= 11 is 9.30. The normalized spacial score (nSPS) is 21.4. The molecule has 0 saturated heterocycles. The van der Waals surface area contributed by atoms with Crippen LogP contribution >= 0.6 is 27.5 Å². The molecule has 1 amide bonds. The number of carbonyl (C=O) groups is 1. The van der Waals surface area contributed by atoms with Gasteiger partial charge in [-0.05, 0) is 53.4 Å². The Labute approximate surface area is 136 Å². The molecule has 1 aromatic heterocycles. The molecule has 1 saturated carbocycles. The fourth-order valence-corrected chi connectivity index (χ4v) is 3.32. The first kappa shape index (κ1) is 14.6. The lowest BCUT2D eigenvalue weighted by Crippen LogP contribution is -2.38. The minimum Gasteiger partial charge on any atom is -0.347 e. The third-order valence-electron chi connectivity index (χ3n) is 3.89. The van der Waals surface area contributed by atoms with Crippen molar-refractivity contribution in [3.63, 3.8) is 0 Å². The molecule has 0 spiro atoms. The molecule has 0 aliphatic heterocycles. The van der Waals surface area contributed by atoms with Crippen LogP contribution in [0.4, 0.5) is 0 Å². The van der Waals surface area contributed by atoms with Crippen LogP contribution in [-0.4, -0.2) is 21.5 Å². The van der Waals surface area contributed by atoms with E-state index in [0.717, 1.165) is 23.7 Å². The van der Waals surface area contributed by atoms with Crippen molar-refractivity contribution in [2.24, 2.45) is 0 Å². The van der Waals surface area contributed by atoms with E-state index < -0.39 is 0 Å². The van der Waals surface area contributed by atoms with Gasteiger partial charge in [-0.3, -0.25) is 4.79 Å². The zero-order valence-corrected chi connectivity index (χ0v) is 13.6. The highest BCUT2D eigenvalue weighted by Crippen LogP contribution is 2.30. The largest absolute Gasteiger partial charge is 0.347 e. The van der Waals surface area contributed by atoms with Crippen molar-refractivity contribution < 1.29 is 4.79 Å². The number of hydrogen-bond acceptors (Lipinski definition) is 2. The Hall–Kier alpha value is -1.33. The second-order valence-electron chi connectivity index (χ2n) is 5.22. The number of halogens is 2. The van der Waals surface area contributed by atoms with Crippen LogP contribution in [0.15, 0.2) is 41.4 Å². The van der Waals surface area contributed by atoms with Crippen LogP contribution in [0, 0.1) is 0 Å². The molecule has 1 heterocycles. The fraction of sp³-hybridized carbons (Fsp3) is 0.333. The topological polar surface area (TPSA) is 46.9 Å². The Morgan fingerprint density at radius 3 is 3.00 bits per heavy atom. The van der Waals surface area contributed by atoms with Crippen molar-refractivity contribution >= 4 is 33.4 Å². The van der Waals surface area contributed by atoms with Crippen LogP contribution in [0.2, 0.25) is 5.02 Å². The van der Waals surface area contributed by atoms with Crippen LogP contribution in [0.25, 0.3) is 0 Å². The summed E-state index contributed by atoms with van der Waals surface area (Å²) in [6, 6.07) is 5.64. The summed E-state index contributed by atoms with van der Waals surface area (Å²) in [5.74, 6) is -0.0654. The van der Waals surface area contributed by atoms with Crippen molar-refractivity contribution in [1.29, 1.82) is 0 Å². The predicted molar refractivity (Wildman–Crippen MR) is 85.5 cm³/mol. The lowest BCUT2D eigenvalue weighted by molar-refractivity contribution is 0.0929. The van der Waals surface area contributed by atoms with E-state index in [2.05, 4.69) is 30.8 Å². The first-order chi connectivity index (χ1) is 10.1. The Bertz CT molecular complexity index is 644. The van der Waals surface area contributed by atoms with E-state index in [4.69, 9.17) is 11.6 Å². The number of hydrogen-bond donors (Lipinski definition) is 1. The Morgan fingerprint density at radius 1 is 1.43 bits per heavy atom. The van der Waals surface area contributed by atoms with Crippen LogP contribution in [0.1, 0.15) is 35.7 Å². The zero-order chi connectivity index (χ0) is 14.8. The average molecular weight is 369 g/mol. The minimum atomic E-state index is -0.0654. The third kappa shape index (κ3) is 3.14. The van der Waals surface area contributed by atoms with E-state index in [1.807, 2.05) is 12.5 Å². The van der Waals surface area contributed by atoms with Crippen LogP contribution < -0.4 is 5.32 Å². The summed E-state index contributed by atoms with van der Waals surface area (Å²) in [4.78, 5) is 16.5. The van der Waals surface area contributed by atoms with Crippen LogP contribution in [-0.2, 0) is 0 Å². The van der Waals surface area contributed by atoms with Crippen molar-refractivity contribution in [3.8, 4) is 0 Å². The maximum atomic E-state index is 12.4. The van der Waals surface area contributed by atoms with Gasteiger partial charge in [0.2, 0.25) is 0 Å². The van der Waals surface area contributed by atoms with E-state index in [1.54, 1.807) is 24.4 Å². The highest BCUT2D eigenvalue weighted by atomic mass is 79.9. The van der Waals surface area contributed by atoms with Gasteiger partial charge in [-0.15, -0.1) is 0 Å². The molecule has 1 fully saturated rings. The van der Waals surface area contributed by atoms with Crippen molar-refractivity contribution in [2.45, 2.75) is 31.3 Å². The van der Waals surface area contributed by atoms with Gasteiger partial charge in [0.1, 0.15) is 0 Å². The zero-order valence-electron chi connectivity index (χ0n) is 11.3. The van der Waals surface area contributed by atoms with E-state index >= 15 is 0 Å². The summed E-state index contributed by atoms with van der Waals surface area (Å²) < 4.78 is 2.81. The molecule has 21 heavy (non-hydrogen) atoms. The second kappa shape index (κ2) is 6.20. The molecule has 2 atom stereocenters. The monoisotopic (exact) mass is 367 g/mol. The second-order valence-corrected chi connectivity index (χ2v) is 6.48. The molecule has 1 N–H and O–H groups in total. The van der Waals surface area contributed by atoms with E-state index in [9.17, 15) is 4.79 Å².